The third kappa shape index (κ3) is 4.89. The van der Waals surface area contributed by atoms with Crippen LogP contribution in [-0.2, 0) is 0 Å². The van der Waals surface area contributed by atoms with Crippen molar-refractivity contribution in [3.05, 3.63) is 0 Å². The van der Waals surface area contributed by atoms with Crippen LogP contribution in [-0.4, -0.2) is 0 Å². The third-order valence-electron chi connectivity index (χ3n) is 4.60. The van der Waals surface area contributed by atoms with Crippen LogP contribution >= 0.6 is 0 Å². The van der Waals surface area contributed by atoms with E-state index in [1.54, 1.807) is 0 Å². The summed E-state index contributed by atoms with van der Waals surface area (Å²) in [5.41, 5.74) is 0.591. The van der Waals surface area contributed by atoms with Gasteiger partial charge >= 0.3 is 0 Å². The maximum absolute atomic E-state index is 2.51. The second-order valence-electron chi connectivity index (χ2n) is 6.49. The summed E-state index contributed by atoms with van der Waals surface area (Å²) in [6.45, 7) is 7.35. The Kier molecular flexibility index (Phi) is 6.46. The zero-order valence-corrected chi connectivity index (χ0v) is 11.9. The molecule has 0 radical (unpaired) electrons. The average Bonchev–Trinajstić information content (AvgIpc) is 2.25. The fraction of sp³-hybridized carbons (Fsp3) is 1.00. The van der Waals surface area contributed by atoms with Gasteiger partial charge in [0, 0.05) is 0 Å². The molecule has 0 aromatic rings. The molecule has 1 saturated carbocycles. The summed E-state index contributed by atoms with van der Waals surface area (Å²) in [6.07, 6.45) is 16.2. The molecule has 0 N–H and O–H groups in total. The molecular formula is C16H32. The number of rotatable bonds is 3. The summed E-state index contributed by atoms with van der Waals surface area (Å²) >= 11 is 0. The van der Waals surface area contributed by atoms with Crippen molar-refractivity contribution in [1.82, 2.24) is 0 Å². The van der Waals surface area contributed by atoms with Gasteiger partial charge < -0.3 is 0 Å². The highest BCUT2D eigenvalue weighted by Crippen LogP contribution is 2.39. The Bertz CT molecular complexity index is 159. The summed E-state index contributed by atoms with van der Waals surface area (Å²) in [5.74, 6) is 0.991. The molecule has 0 bridgehead atoms. The Morgan fingerprint density at radius 3 is 1.69 bits per heavy atom. The van der Waals surface area contributed by atoms with Crippen molar-refractivity contribution >= 4 is 0 Å². The van der Waals surface area contributed by atoms with Crippen LogP contribution in [0.5, 0.6) is 0 Å². The largest absolute Gasteiger partial charge is 0.0654 e. The summed E-state index contributed by atoms with van der Waals surface area (Å²) in [5, 5.41) is 0. The van der Waals surface area contributed by atoms with Gasteiger partial charge in [0.25, 0.3) is 0 Å². The van der Waals surface area contributed by atoms with Gasteiger partial charge in [-0.05, 0) is 30.6 Å². The predicted octanol–water partition coefficient (Wildman–Crippen LogP) is 5.95. The Hall–Kier alpha value is 0. The molecule has 0 aliphatic heterocycles. The molecule has 1 rings (SSSR count). The van der Waals surface area contributed by atoms with Crippen LogP contribution in [0.2, 0.25) is 0 Å². The Morgan fingerprint density at radius 2 is 1.25 bits per heavy atom. The number of hydrogen-bond donors (Lipinski definition) is 0. The highest BCUT2D eigenvalue weighted by atomic mass is 14.3. The van der Waals surface area contributed by atoms with Gasteiger partial charge in [0.2, 0.25) is 0 Å². The Labute approximate surface area is 103 Å². The lowest BCUT2D eigenvalue weighted by atomic mass is 9.71. The van der Waals surface area contributed by atoms with E-state index in [1.807, 2.05) is 0 Å². The number of hydrogen-bond acceptors (Lipinski definition) is 0. The SMILES string of the molecule is CCCC(C)(C)C1CCCCCCCCC1. The molecule has 1 aliphatic carbocycles. The Balaban J connectivity index is 2.46. The van der Waals surface area contributed by atoms with E-state index in [9.17, 15) is 0 Å². The van der Waals surface area contributed by atoms with E-state index in [0.717, 1.165) is 5.92 Å². The van der Waals surface area contributed by atoms with E-state index >= 15 is 0 Å². The second-order valence-corrected chi connectivity index (χ2v) is 6.49. The van der Waals surface area contributed by atoms with Crippen molar-refractivity contribution in [3.8, 4) is 0 Å². The van der Waals surface area contributed by atoms with Crippen molar-refractivity contribution in [2.45, 2.75) is 91.4 Å². The van der Waals surface area contributed by atoms with Gasteiger partial charge in [-0.25, -0.2) is 0 Å². The molecule has 0 aromatic carbocycles. The van der Waals surface area contributed by atoms with Crippen LogP contribution in [0.15, 0.2) is 0 Å². The topological polar surface area (TPSA) is 0 Å². The van der Waals surface area contributed by atoms with E-state index in [1.165, 1.54) is 70.6 Å². The first-order chi connectivity index (χ1) is 7.67. The lowest BCUT2D eigenvalue weighted by molar-refractivity contribution is 0.160. The van der Waals surface area contributed by atoms with Crippen molar-refractivity contribution < 1.29 is 0 Å². The quantitative estimate of drug-likeness (QED) is 0.555. The summed E-state index contributed by atoms with van der Waals surface area (Å²) in [7, 11) is 0. The van der Waals surface area contributed by atoms with Crippen molar-refractivity contribution in [3.63, 3.8) is 0 Å². The van der Waals surface area contributed by atoms with E-state index < -0.39 is 0 Å². The van der Waals surface area contributed by atoms with Gasteiger partial charge in [-0.2, -0.15) is 0 Å². The molecule has 1 aliphatic rings. The molecule has 0 atom stereocenters. The highest BCUT2D eigenvalue weighted by molar-refractivity contribution is 4.78. The summed E-state index contributed by atoms with van der Waals surface area (Å²) in [6, 6.07) is 0. The molecule has 0 heteroatoms. The van der Waals surface area contributed by atoms with Crippen molar-refractivity contribution in [2.24, 2.45) is 11.3 Å². The van der Waals surface area contributed by atoms with Crippen LogP contribution in [0.3, 0.4) is 0 Å². The van der Waals surface area contributed by atoms with Crippen molar-refractivity contribution in [1.29, 1.82) is 0 Å². The fourth-order valence-corrected chi connectivity index (χ4v) is 3.44. The van der Waals surface area contributed by atoms with Gasteiger partial charge in [0.15, 0.2) is 0 Å². The first kappa shape index (κ1) is 14.1. The van der Waals surface area contributed by atoms with E-state index in [2.05, 4.69) is 20.8 Å². The van der Waals surface area contributed by atoms with Crippen LogP contribution in [0, 0.1) is 11.3 Å². The van der Waals surface area contributed by atoms with Gasteiger partial charge in [-0.15, -0.1) is 0 Å². The zero-order valence-electron chi connectivity index (χ0n) is 11.9. The second kappa shape index (κ2) is 7.35. The molecule has 0 aromatic heterocycles. The smallest absolute Gasteiger partial charge is 0.0326 e. The van der Waals surface area contributed by atoms with Crippen LogP contribution < -0.4 is 0 Å². The van der Waals surface area contributed by atoms with Gasteiger partial charge in [-0.3, -0.25) is 0 Å². The van der Waals surface area contributed by atoms with Crippen molar-refractivity contribution in [2.75, 3.05) is 0 Å². The zero-order chi connectivity index (χ0) is 11.9. The molecule has 0 unspecified atom stereocenters. The Morgan fingerprint density at radius 1 is 0.812 bits per heavy atom. The van der Waals surface area contributed by atoms with Crippen LogP contribution in [0.1, 0.15) is 91.4 Å². The lowest BCUT2D eigenvalue weighted by Gasteiger charge is -2.35. The summed E-state index contributed by atoms with van der Waals surface area (Å²) < 4.78 is 0. The molecule has 16 heavy (non-hydrogen) atoms. The van der Waals surface area contributed by atoms with E-state index in [0.29, 0.717) is 5.41 Å². The minimum Gasteiger partial charge on any atom is -0.0654 e. The van der Waals surface area contributed by atoms with Gasteiger partial charge in [0.05, 0.1) is 0 Å². The molecule has 1 fully saturated rings. The van der Waals surface area contributed by atoms with Crippen LogP contribution in [0.4, 0.5) is 0 Å². The molecule has 0 nitrogen and oxygen atoms in total. The predicted molar refractivity (Wildman–Crippen MR) is 73.7 cm³/mol. The normalized spacial score (nSPS) is 21.9. The molecule has 0 amide bonds. The first-order valence-corrected chi connectivity index (χ1v) is 7.67. The van der Waals surface area contributed by atoms with Crippen LogP contribution in [0.25, 0.3) is 0 Å². The summed E-state index contributed by atoms with van der Waals surface area (Å²) in [4.78, 5) is 0. The minimum atomic E-state index is 0.591. The third-order valence-corrected chi connectivity index (χ3v) is 4.60. The standard InChI is InChI=1S/C16H32/c1-4-14-16(2,3)15-12-10-8-6-5-7-9-11-13-15/h15H,4-14H2,1-3H3. The molecule has 0 heterocycles. The minimum absolute atomic E-state index is 0.591. The van der Waals surface area contributed by atoms with Gasteiger partial charge in [0.1, 0.15) is 0 Å². The molecule has 0 spiro atoms. The maximum atomic E-state index is 2.51. The fourth-order valence-electron chi connectivity index (χ4n) is 3.44. The van der Waals surface area contributed by atoms with E-state index in [4.69, 9.17) is 0 Å². The highest BCUT2D eigenvalue weighted by Gasteiger charge is 2.27. The van der Waals surface area contributed by atoms with Gasteiger partial charge in [-0.1, -0.05) is 72.1 Å². The van der Waals surface area contributed by atoms with E-state index in [-0.39, 0.29) is 0 Å². The maximum Gasteiger partial charge on any atom is -0.0326 e. The monoisotopic (exact) mass is 224 g/mol. The lowest BCUT2D eigenvalue weighted by Crippen LogP contribution is -2.24. The molecule has 96 valence electrons. The average molecular weight is 224 g/mol. The molecular weight excluding hydrogens is 192 g/mol. The first-order valence-electron chi connectivity index (χ1n) is 7.67. The molecule has 0 saturated heterocycles.